The smallest absolute Gasteiger partial charge is 0.265 e. The minimum Gasteiger partial charge on any atom is -0.353 e. The van der Waals surface area contributed by atoms with Crippen LogP contribution in [0.15, 0.2) is 59.9 Å². The number of nitrogens with one attached hydrogen (secondary N) is 1. The van der Waals surface area contributed by atoms with Gasteiger partial charge in [0.05, 0.1) is 10.9 Å². The summed E-state index contributed by atoms with van der Waals surface area (Å²) in [6, 6.07) is 9.80. The van der Waals surface area contributed by atoms with Gasteiger partial charge in [0.25, 0.3) is 5.56 Å². The highest BCUT2D eigenvalue weighted by Crippen LogP contribution is 2.17. The maximum absolute atomic E-state index is 12.7. The van der Waals surface area contributed by atoms with Crippen molar-refractivity contribution in [1.29, 1.82) is 0 Å². The lowest BCUT2D eigenvalue weighted by Gasteiger charge is -2.07. The first-order valence-electron chi connectivity index (χ1n) is 10.9. The van der Waals surface area contributed by atoms with E-state index in [2.05, 4.69) is 35.2 Å². The molecule has 3 rings (SSSR count). The van der Waals surface area contributed by atoms with E-state index in [0.717, 1.165) is 37.7 Å². The van der Waals surface area contributed by atoms with Gasteiger partial charge in [-0.1, -0.05) is 38.8 Å². The van der Waals surface area contributed by atoms with Crippen molar-refractivity contribution in [3.63, 3.8) is 0 Å². The molecule has 1 aromatic carbocycles. The maximum atomic E-state index is 12.7. The predicted octanol–water partition coefficient (Wildman–Crippen LogP) is 4.30. The second kappa shape index (κ2) is 11.2. The Bertz CT molecular complexity index is 1090. The molecule has 0 aliphatic heterocycles. The Morgan fingerprint density at radius 2 is 2.00 bits per heavy atom. The zero-order valence-corrected chi connectivity index (χ0v) is 18.3. The zero-order chi connectivity index (χ0) is 22.1. The molecule has 6 heteroatoms. The maximum Gasteiger partial charge on any atom is 0.265 e. The Balaban J connectivity index is 1.43. The first-order valence-corrected chi connectivity index (χ1v) is 10.9. The molecule has 31 heavy (non-hydrogen) atoms. The first kappa shape index (κ1) is 22.4. The van der Waals surface area contributed by atoms with Crippen molar-refractivity contribution in [2.24, 2.45) is 0 Å². The van der Waals surface area contributed by atoms with Gasteiger partial charge in [-0.15, -0.1) is 0 Å². The lowest BCUT2D eigenvalue weighted by atomic mass is 10.0. The molecule has 6 nitrogen and oxygen atoms in total. The summed E-state index contributed by atoms with van der Waals surface area (Å²) in [6.07, 6.45) is 13.3. The number of carbonyl (C=O) groups excluding carboxylic acids is 1. The van der Waals surface area contributed by atoms with Gasteiger partial charge in [0.1, 0.15) is 6.33 Å². The second-order valence-corrected chi connectivity index (χ2v) is 8.02. The van der Waals surface area contributed by atoms with Gasteiger partial charge in [-0.2, -0.15) is 0 Å². The molecule has 2 aromatic heterocycles. The third-order valence-electron chi connectivity index (χ3n) is 5.27. The Kier molecular flexibility index (Phi) is 8.10. The molecule has 162 valence electrons. The molecule has 1 amide bonds. The van der Waals surface area contributed by atoms with Crippen molar-refractivity contribution in [3.05, 3.63) is 76.6 Å². The number of nitrogens with zero attached hydrogens (tertiary/aromatic N) is 3. The van der Waals surface area contributed by atoms with Gasteiger partial charge >= 0.3 is 0 Å². The summed E-state index contributed by atoms with van der Waals surface area (Å²) in [7, 11) is 0. The van der Waals surface area contributed by atoms with Crippen LogP contribution in [0.3, 0.4) is 0 Å². The number of aromatic nitrogens is 3. The van der Waals surface area contributed by atoms with Crippen LogP contribution in [0.5, 0.6) is 0 Å². The van der Waals surface area contributed by atoms with E-state index in [1.54, 1.807) is 6.20 Å². The molecule has 0 spiro atoms. The average Bonchev–Trinajstić information content (AvgIpc) is 2.78. The number of fused-ring (bicyclic) bond motifs is 1. The molecule has 0 bridgehead atoms. The fourth-order valence-electron chi connectivity index (χ4n) is 3.39. The summed E-state index contributed by atoms with van der Waals surface area (Å²) >= 11 is 0. The number of pyridine rings is 1. The number of rotatable bonds is 10. The van der Waals surface area contributed by atoms with Crippen LogP contribution in [0.4, 0.5) is 0 Å². The van der Waals surface area contributed by atoms with Gasteiger partial charge in [0, 0.05) is 31.2 Å². The molecule has 0 unspecified atom stereocenters. The highest BCUT2D eigenvalue weighted by atomic mass is 16.1. The lowest BCUT2D eigenvalue weighted by Crippen LogP contribution is -2.23. The number of aryl methyl sites for hydroxylation is 1. The molecule has 0 atom stereocenters. The lowest BCUT2D eigenvalue weighted by molar-refractivity contribution is -0.116. The summed E-state index contributed by atoms with van der Waals surface area (Å²) in [5, 5.41) is 3.43. The third kappa shape index (κ3) is 6.60. The molecular formula is C25H30N4O2. The fraction of sp³-hybridized carbons (Fsp3) is 0.360. The van der Waals surface area contributed by atoms with Crippen molar-refractivity contribution in [1.82, 2.24) is 19.9 Å². The van der Waals surface area contributed by atoms with Gasteiger partial charge in [-0.25, -0.2) is 4.98 Å². The Labute approximate surface area is 183 Å². The van der Waals surface area contributed by atoms with Crippen LogP contribution in [0.25, 0.3) is 17.1 Å². The van der Waals surface area contributed by atoms with E-state index in [0.29, 0.717) is 23.4 Å². The molecule has 1 N–H and O–H groups in total. The predicted molar refractivity (Wildman–Crippen MR) is 125 cm³/mol. The summed E-state index contributed by atoms with van der Waals surface area (Å²) in [6.45, 7) is 4.79. The summed E-state index contributed by atoms with van der Waals surface area (Å²) in [4.78, 5) is 33.2. The second-order valence-electron chi connectivity index (χ2n) is 8.02. The van der Waals surface area contributed by atoms with Crippen LogP contribution in [-0.2, 0) is 11.2 Å². The molecule has 3 aromatic rings. The molecule has 0 aliphatic carbocycles. The van der Waals surface area contributed by atoms with Crippen molar-refractivity contribution in [2.45, 2.75) is 51.9 Å². The van der Waals surface area contributed by atoms with Crippen molar-refractivity contribution in [3.8, 4) is 0 Å². The summed E-state index contributed by atoms with van der Waals surface area (Å²) < 4.78 is 1.35. The van der Waals surface area contributed by atoms with E-state index in [1.807, 2.05) is 30.5 Å². The SMILES string of the molecule is CC(C)c1ccc2ncn(/C=C/C(=O)NCCCCCCc3cccnc3)c(=O)c2c1. The Morgan fingerprint density at radius 1 is 1.16 bits per heavy atom. The van der Waals surface area contributed by atoms with Crippen LogP contribution in [0.2, 0.25) is 0 Å². The number of unbranched alkanes of at least 4 members (excludes halogenated alkanes) is 3. The van der Waals surface area contributed by atoms with Crippen molar-refractivity contribution >= 4 is 23.0 Å². The average molecular weight is 419 g/mol. The van der Waals surface area contributed by atoms with Gasteiger partial charge in [0.2, 0.25) is 5.91 Å². The molecule has 0 saturated heterocycles. The first-order chi connectivity index (χ1) is 15.0. The number of hydrogen-bond acceptors (Lipinski definition) is 4. The minimum atomic E-state index is -0.210. The van der Waals surface area contributed by atoms with Crippen molar-refractivity contribution in [2.75, 3.05) is 6.54 Å². The van der Waals surface area contributed by atoms with Gasteiger partial charge < -0.3 is 5.32 Å². The minimum absolute atomic E-state index is 0.176. The molecule has 0 saturated carbocycles. The van der Waals surface area contributed by atoms with E-state index in [9.17, 15) is 9.59 Å². The Hall–Kier alpha value is -3.28. The van der Waals surface area contributed by atoms with E-state index in [4.69, 9.17) is 0 Å². The van der Waals surface area contributed by atoms with Gasteiger partial charge in [-0.3, -0.25) is 19.1 Å². The van der Waals surface area contributed by atoms with E-state index in [1.165, 1.54) is 28.7 Å². The quantitative estimate of drug-likeness (QED) is 0.393. The monoisotopic (exact) mass is 418 g/mol. The number of benzene rings is 1. The number of hydrogen-bond donors (Lipinski definition) is 1. The van der Waals surface area contributed by atoms with E-state index < -0.39 is 0 Å². The Morgan fingerprint density at radius 3 is 2.77 bits per heavy atom. The summed E-state index contributed by atoms with van der Waals surface area (Å²) in [5.74, 6) is 0.118. The van der Waals surface area contributed by atoms with Gasteiger partial charge in [-0.05, 0) is 54.5 Å². The third-order valence-corrected chi connectivity index (χ3v) is 5.27. The number of amides is 1. The zero-order valence-electron chi connectivity index (χ0n) is 18.3. The topological polar surface area (TPSA) is 76.9 Å². The van der Waals surface area contributed by atoms with Crippen LogP contribution < -0.4 is 10.9 Å². The fourth-order valence-corrected chi connectivity index (χ4v) is 3.39. The van der Waals surface area contributed by atoms with E-state index in [-0.39, 0.29) is 11.5 Å². The van der Waals surface area contributed by atoms with Crippen LogP contribution >= 0.6 is 0 Å². The normalized spacial score (nSPS) is 11.5. The molecular weight excluding hydrogens is 388 g/mol. The molecule has 0 fully saturated rings. The summed E-state index contributed by atoms with van der Waals surface area (Å²) in [5.41, 5.74) is 2.84. The number of carbonyl (C=O) groups is 1. The molecule has 0 radical (unpaired) electrons. The highest BCUT2D eigenvalue weighted by Gasteiger charge is 2.06. The largest absolute Gasteiger partial charge is 0.353 e. The van der Waals surface area contributed by atoms with Crippen LogP contribution in [-0.4, -0.2) is 27.0 Å². The van der Waals surface area contributed by atoms with Gasteiger partial charge in [0.15, 0.2) is 0 Å². The molecule has 0 aliphatic rings. The van der Waals surface area contributed by atoms with E-state index >= 15 is 0 Å². The van der Waals surface area contributed by atoms with Crippen LogP contribution in [0, 0.1) is 0 Å². The van der Waals surface area contributed by atoms with Crippen molar-refractivity contribution < 1.29 is 4.79 Å². The highest BCUT2D eigenvalue weighted by molar-refractivity contribution is 5.90. The van der Waals surface area contributed by atoms with Crippen LogP contribution in [0.1, 0.15) is 56.6 Å². The standard InChI is InChI=1S/C25H30N4O2/c1-19(2)21-10-11-23-22(16-21)25(31)29(18-28-23)15-12-24(30)27-14-6-4-3-5-8-20-9-7-13-26-17-20/h7,9-13,15-19H,3-6,8,14H2,1-2H3,(H,27,30)/b15-12+. The molecule has 2 heterocycles.